The number of hydrogen-bond acceptors (Lipinski definition) is 5. The molecule has 136 valence electrons. The van der Waals surface area contributed by atoms with Gasteiger partial charge in [0, 0.05) is 31.0 Å². The van der Waals surface area contributed by atoms with E-state index in [-0.39, 0.29) is 5.91 Å². The van der Waals surface area contributed by atoms with Crippen LogP contribution in [0.3, 0.4) is 0 Å². The number of pyridine rings is 1. The summed E-state index contributed by atoms with van der Waals surface area (Å²) in [7, 11) is 0. The number of benzene rings is 1. The summed E-state index contributed by atoms with van der Waals surface area (Å²) in [6, 6.07) is 9.17. The fourth-order valence-corrected chi connectivity index (χ4v) is 3.33. The molecular formula is C20H23N3O3. The third kappa shape index (κ3) is 3.74. The van der Waals surface area contributed by atoms with Gasteiger partial charge in [0.25, 0.3) is 5.91 Å². The summed E-state index contributed by atoms with van der Waals surface area (Å²) < 4.78 is 11.0. The minimum atomic E-state index is -0.184. The lowest BCUT2D eigenvalue weighted by molar-refractivity contribution is 0.102. The summed E-state index contributed by atoms with van der Waals surface area (Å²) in [6.07, 6.45) is 6.62. The number of carbonyl (C=O) groups is 1. The fraction of sp³-hybridized carbons (Fsp3) is 0.400. The summed E-state index contributed by atoms with van der Waals surface area (Å²) in [5.74, 6) is 2.13. The molecule has 1 aromatic carbocycles. The highest BCUT2D eigenvalue weighted by Gasteiger charge is 2.15. The first kappa shape index (κ1) is 16.7. The summed E-state index contributed by atoms with van der Waals surface area (Å²) in [4.78, 5) is 19.3. The van der Waals surface area contributed by atoms with Crippen LogP contribution in [0.4, 0.5) is 11.5 Å². The van der Waals surface area contributed by atoms with Crippen LogP contribution in [0, 0.1) is 0 Å². The van der Waals surface area contributed by atoms with Crippen LogP contribution in [0.25, 0.3) is 0 Å². The van der Waals surface area contributed by atoms with E-state index in [0.717, 1.165) is 18.9 Å². The average Bonchev–Trinajstić information content (AvgIpc) is 2.97. The van der Waals surface area contributed by atoms with E-state index in [0.29, 0.717) is 36.0 Å². The molecule has 0 aliphatic carbocycles. The molecule has 0 radical (unpaired) electrons. The molecule has 2 aliphatic heterocycles. The number of amides is 1. The highest BCUT2D eigenvalue weighted by Crippen LogP contribution is 2.32. The van der Waals surface area contributed by atoms with Crippen LogP contribution in [0.2, 0.25) is 0 Å². The Morgan fingerprint density at radius 1 is 0.962 bits per heavy atom. The molecule has 26 heavy (non-hydrogen) atoms. The Hall–Kier alpha value is -2.76. The second kappa shape index (κ2) is 7.64. The van der Waals surface area contributed by atoms with Gasteiger partial charge in [-0.15, -0.1) is 0 Å². The van der Waals surface area contributed by atoms with Crippen molar-refractivity contribution in [2.75, 3.05) is 36.5 Å². The number of rotatable bonds is 3. The minimum Gasteiger partial charge on any atom is -0.486 e. The second-order valence-corrected chi connectivity index (χ2v) is 6.62. The molecule has 1 fully saturated rings. The molecule has 1 saturated heterocycles. The standard InChI is InChI=1S/C20H23N3O3/c24-20(22-16-6-7-17-18(13-16)26-12-11-25-17)15-5-8-19(21-14-15)23-9-3-1-2-4-10-23/h5-8,13-14H,1-4,9-12H2,(H,22,24). The predicted octanol–water partition coefficient (Wildman–Crippen LogP) is 3.49. The van der Waals surface area contributed by atoms with Crippen LogP contribution < -0.4 is 19.7 Å². The van der Waals surface area contributed by atoms with Crippen molar-refractivity contribution in [2.24, 2.45) is 0 Å². The molecule has 0 saturated carbocycles. The van der Waals surface area contributed by atoms with Gasteiger partial charge in [-0.05, 0) is 37.1 Å². The Morgan fingerprint density at radius 2 is 1.73 bits per heavy atom. The summed E-state index contributed by atoms with van der Waals surface area (Å²) in [6.45, 7) is 3.14. The summed E-state index contributed by atoms with van der Waals surface area (Å²) in [5, 5.41) is 2.89. The van der Waals surface area contributed by atoms with E-state index in [1.165, 1.54) is 25.7 Å². The molecule has 6 nitrogen and oxygen atoms in total. The Morgan fingerprint density at radius 3 is 2.46 bits per heavy atom. The topological polar surface area (TPSA) is 63.7 Å². The molecule has 2 aliphatic rings. The molecule has 0 spiro atoms. The van der Waals surface area contributed by atoms with Crippen LogP contribution in [0.1, 0.15) is 36.0 Å². The van der Waals surface area contributed by atoms with Gasteiger partial charge in [0.1, 0.15) is 19.0 Å². The quantitative estimate of drug-likeness (QED) is 0.915. The van der Waals surface area contributed by atoms with E-state index in [4.69, 9.17) is 9.47 Å². The van der Waals surface area contributed by atoms with E-state index in [9.17, 15) is 4.79 Å². The highest BCUT2D eigenvalue weighted by atomic mass is 16.6. The van der Waals surface area contributed by atoms with Gasteiger partial charge < -0.3 is 19.7 Å². The monoisotopic (exact) mass is 353 g/mol. The first-order valence-corrected chi connectivity index (χ1v) is 9.21. The van der Waals surface area contributed by atoms with Crippen molar-refractivity contribution in [2.45, 2.75) is 25.7 Å². The van der Waals surface area contributed by atoms with Gasteiger partial charge in [-0.25, -0.2) is 4.98 Å². The van der Waals surface area contributed by atoms with Crippen LogP contribution in [-0.4, -0.2) is 37.2 Å². The summed E-state index contributed by atoms with van der Waals surface area (Å²) >= 11 is 0. The molecule has 2 aromatic rings. The number of nitrogens with zero attached hydrogens (tertiary/aromatic N) is 2. The van der Waals surface area contributed by atoms with Crippen molar-refractivity contribution in [3.8, 4) is 11.5 Å². The Balaban J connectivity index is 1.43. The van der Waals surface area contributed by atoms with Gasteiger partial charge in [0.15, 0.2) is 11.5 Å². The van der Waals surface area contributed by atoms with Crippen molar-refractivity contribution < 1.29 is 14.3 Å². The maximum Gasteiger partial charge on any atom is 0.257 e. The maximum absolute atomic E-state index is 12.5. The maximum atomic E-state index is 12.5. The van der Waals surface area contributed by atoms with E-state index < -0.39 is 0 Å². The largest absolute Gasteiger partial charge is 0.486 e. The number of anilines is 2. The van der Waals surface area contributed by atoms with Gasteiger partial charge >= 0.3 is 0 Å². The second-order valence-electron chi connectivity index (χ2n) is 6.62. The van der Waals surface area contributed by atoms with Crippen molar-refractivity contribution >= 4 is 17.4 Å². The van der Waals surface area contributed by atoms with Crippen molar-refractivity contribution in [1.82, 2.24) is 4.98 Å². The van der Waals surface area contributed by atoms with E-state index in [1.807, 2.05) is 24.3 Å². The molecule has 1 amide bonds. The third-order valence-electron chi connectivity index (χ3n) is 4.74. The zero-order chi connectivity index (χ0) is 17.8. The summed E-state index contributed by atoms with van der Waals surface area (Å²) in [5.41, 5.74) is 1.22. The molecule has 1 aromatic heterocycles. The minimum absolute atomic E-state index is 0.184. The van der Waals surface area contributed by atoms with Crippen molar-refractivity contribution in [3.63, 3.8) is 0 Å². The molecule has 0 bridgehead atoms. The number of aromatic nitrogens is 1. The van der Waals surface area contributed by atoms with Gasteiger partial charge in [-0.2, -0.15) is 0 Å². The molecule has 0 unspecified atom stereocenters. The predicted molar refractivity (Wildman–Crippen MR) is 100 cm³/mol. The first-order chi connectivity index (χ1) is 12.8. The lowest BCUT2D eigenvalue weighted by atomic mass is 10.2. The fourth-order valence-electron chi connectivity index (χ4n) is 3.33. The molecule has 1 N–H and O–H groups in total. The Bertz CT molecular complexity index is 768. The van der Waals surface area contributed by atoms with Crippen molar-refractivity contribution in [1.29, 1.82) is 0 Å². The molecule has 6 heteroatoms. The molecule has 0 atom stereocenters. The smallest absolute Gasteiger partial charge is 0.257 e. The van der Waals surface area contributed by atoms with E-state index in [2.05, 4.69) is 15.2 Å². The Labute approximate surface area is 153 Å². The van der Waals surface area contributed by atoms with Gasteiger partial charge in [0.2, 0.25) is 0 Å². The number of ether oxygens (including phenoxy) is 2. The third-order valence-corrected chi connectivity index (χ3v) is 4.74. The van der Waals surface area contributed by atoms with Crippen LogP contribution in [0.15, 0.2) is 36.5 Å². The highest BCUT2D eigenvalue weighted by molar-refractivity contribution is 6.04. The van der Waals surface area contributed by atoms with E-state index >= 15 is 0 Å². The van der Waals surface area contributed by atoms with Crippen molar-refractivity contribution in [3.05, 3.63) is 42.1 Å². The average molecular weight is 353 g/mol. The van der Waals surface area contributed by atoms with Crippen LogP contribution >= 0.6 is 0 Å². The first-order valence-electron chi connectivity index (χ1n) is 9.21. The molecular weight excluding hydrogens is 330 g/mol. The zero-order valence-electron chi connectivity index (χ0n) is 14.7. The SMILES string of the molecule is O=C(Nc1ccc2c(c1)OCCO2)c1ccc(N2CCCCCC2)nc1. The van der Waals surface area contributed by atoms with Gasteiger partial charge in [-0.1, -0.05) is 12.8 Å². The van der Waals surface area contributed by atoms with Gasteiger partial charge in [0.05, 0.1) is 5.56 Å². The van der Waals surface area contributed by atoms with Gasteiger partial charge in [-0.3, -0.25) is 4.79 Å². The number of nitrogens with one attached hydrogen (secondary N) is 1. The zero-order valence-corrected chi connectivity index (χ0v) is 14.7. The van der Waals surface area contributed by atoms with Crippen LogP contribution in [0.5, 0.6) is 11.5 Å². The number of hydrogen-bond donors (Lipinski definition) is 1. The van der Waals surface area contributed by atoms with E-state index in [1.54, 1.807) is 12.3 Å². The Kier molecular flexibility index (Phi) is 4.91. The van der Waals surface area contributed by atoms with Crippen LogP contribution in [-0.2, 0) is 0 Å². The molecule has 3 heterocycles. The molecule has 4 rings (SSSR count). The lowest BCUT2D eigenvalue weighted by Crippen LogP contribution is -2.25. The number of carbonyl (C=O) groups excluding carboxylic acids is 1. The number of fused-ring (bicyclic) bond motifs is 1. The normalized spacial score (nSPS) is 16.7. The lowest BCUT2D eigenvalue weighted by Gasteiger charge is -2.21.